The molecule has 3 aromatic rings. The van der Waals surface area contributed by atoms with E-state index < -0.39 is 0 Å². The number of benzene rings is 1. The Balaban J connectivity index is 2.28. The van der Waals surface area contributed by atoms with Crippen molar-refractivity contribution in [2.75, 3.05) is 5.73 Å². The predicted molar refractivity (Wildman–Crippen MR) is 89.9 cm³/mol. The maximum absolute atomic E-state index is 12.0. The minimum Gasteiger partial charge on any atom is -0.382 e. The lowest BCUT2D eigenvalue weighted by Gasteiger charge is -2.10. The third kappa shape index (κ3) is 2.72. The zero-order chi connectivity index (χ0) is 16.4. The van der Waals surface area contributed by atoms with Crippen molar-refractivity contribution in [3.63, 3.8) is 0 Å². The second-order valence-corrected chi connectivity index (χ2v) is 5.50. The van der Waals surface area contributed by atoms with Crippen LogP contribution in [0.2, 0.25) is 0 Å². The van der Waals surface area contributed by atoms with Gasteiger partial charge in [0.2, 0.25) is 0 Å². The fourth-order valence-electron chi connectivity index (χ4n) is 2.65. The van der Waals surface area contributed by atoms with Gasteiger partial charge in [-0.15, -0.1) is 0 Å². The van der Waals surface area contributed by atoms with Crippen LogP contribution in [0.1, 0.15) is 38.9 Å². The predicted octanol–water partition coefficient (Wildman–Crippen LogP) is 2.87. The van der Waals surface area contributed by atoms with Crippen molar-refractivity contribution in [1.29, 1.82) is 0 Å². The topological polar surface area (TPSA) is 83.0 Å². The Morgan fingerprint density at radius 3 is 2.74 bits per heavy atom. The Morgan fingerprint density at radius 2 is 2.00 bits per heavy atom. The average Bonchev–Trinajstić information content (AvgIpc) is 2.88. The summed E-state index contributed by atoms with van der Waals surface area (Å²) < 4.78 is 1.54. The molecule has 0 bridgehead atoms. The second-order valence-electron chi connectivity index (χ2n) is 5.50. The minimum absolute atomic E-state index is 0.274. The number of nitrogen functional groups attached to an aromatic ring is 1. The van der Waals surface area contributed by atoms with Crippen LogP contribution in [0.25, 0.3) is 21.9 Å². The van der Waals surface area contributed by atoms with Gasteiger partial charge in [0.25, 0.3) is 0 Å². The molecule has 0 saturated carbocycles. The van der Waals surface area contributed by atoms with Gasteiger partial charge < -0.3 is 10.6 Å². The van der Waals surface area contributed by atoms with Gasteiger partial charge in [-0.3, -0.25) is 0 Å². The molecule has 6 nitrogen and oxygen atoms in total. The summed E-state index contributed by atoms with van der Waals surface area (Å²) in [6.45, 7) is 3.99. The molecule has 0 aliphatic heterocycles. The smallest absolute Gasteiger partial charge is 0.332 e. The Kier molecular flexibility index (Phi) is 4.14. The summed E-state index contributed by atoms with van der Waals surface area (Å²) in [5, 5.41) is 0.871. The van der Waals surface area contributed by atoms with Crippen molar-refractivity contribution < 1.29 is 9.63 Å². The van der Waals surface area contributed by atoms with Gasteiger partial charge in [-0.1, -0.05) is 32.0 Å². The Hall–Kier alpha value is -2.63. The second kappa shape index (κ2) is 6.24. The molecule has 2 heterocycles. The molecule has 0 unspecified atom stereocenters. The Bertz CT molecular complexity index is 870. The van der Waals surface area contributed by atoms with Gasteiger partial charge in [-0.25, -0.2) is 14.8 Å². The van der Waals surface area contributed by atoms with Crippen molar-refractivity contribution in [3.05, 3.63) is 30.1 Å². The molecule has 0 aliphatic rings. The third-order valence-corrected chi connectivity index (χ3v) is 3.67. The number of pyridine rings is 1. The number of aryl methyl sites for hydroxylation is 1. The van der Waals surface area contributed by atoms with E-state index in [1.165, 1.54) is 4.73 Å². The highest BCUT2D eigenvalue weighted by atomic mass is 16.7. The fourth-order valence-corrected chi connectivity index (χ4v) is 2.65. The van der Waals surface area contributed by atoms with Gasteiger partial charge in [0.1, 0.15) is 16.9 Å². The SMILES string of the molecule is CCCC(=O)On1c(CCC)nc2c(N)nc3ccccc3c21. The molecule has 3 rings (SSSR count). The highest BCUT2D eigenvalue weighted by Crippen LogP contribution is 2.28. The van der Waals surface area contributed by atoms with Crippen LogP contribution in [0.4, 0.5) is 5.82 Å². The fraction of sp³-hybridized carbons (Fsp3) is 0.353. The summed E-state index contributed by atoms with van der Waals surface area (Å²) in [7, 11) is 0. The Morgan fingerprint density at radius 1 is 1.22 bits per heavy atom. The highest BCUT2D eigenvalue weighted by molar-refractivity contribution is 6.06. The van der Waals surface area contributed by atoms with Gasteiger partial charge in [0, 0.05) is 18.2 Å². The molecule has 0 amide bonds. The van der Waals surface area contributed by atoms with Crippen molar-refractivity contribution >= 4 is 33.7 Å². The van der Waals surface area contributed by atoms with E-state index >= 15 is 0 Å². The number of nitrogens with two attached hydrogens (primary N) is 1. The molecule has 0 aliphatic carbocycles. The first-order valence-electron chi connectivity index (χ1n) is 7.92. The Labute approximate surface area is 134 Å². The normalized spacial score (nSPS) is 11.2. The summed E-state index contributed by atoms with van der Waals surface area (Å²) in [6, 6.07) is 7.64. The molecular weight excluding hydrogens is 292 g/mol. The lowest BCUT2D eigenvalue weighted by atomic mass is 10.2. The van der Waals surface area contributed by atoms with E-state index in [0.717, 1.165) is 23.7 Å². The van der Waals surface area contributed by atoms with Crippen LogP contribution in [0, 0.1) is 0 Å². The van der Waals surface area contributed by atoms with E-state index in [4.69, 9.17) is 10.6 Å². The van der Waals surface area contributed by atoms with Crippen LogP contribution in [-0.4, -0.2) is 20.7 Å². The number of hydrogen-bond donors (Lipinski definition) is 1. The summed E-state index contributed by atoms with van der Waals surface area (Å²) in [6.07, 6.45) is 2.69. The molecule has 0 fully saturated rings. The van der Waals surface area contributed by atoms with E-state index in [1.54, 1.807) is 0 Å². The molecule has 0 atom stereocenters. The lowest BCUT2D eigenvalue weighted by Crippen LogP contribution is -2.21. The van der Waals surface area contributed by atoms with Gasteiger partial charge in [0.15, 0.2) is 5.82 Å². The van der Waals surface area contributed by atoms with E-state index in [9.17, 15) is 4.79 Å². The number of hydrogen-bond acceptors (Lipinski definition) is 5. The van der Waals surface area contributed by atoms with Crippen LogP contribution in [-0.2, 0) is 11.2 Å². The lowest BCUT2D eigenvalue weighted by molar-refractivity contribution is -0.144. The quantitative estimate of drug-likeness (QED) is 0.783. The van der Waals surface area contributed by atoms with Crippen LogP contribution in [0.15, 0.2) is 24.3 Å². The van der Waals surface area contributed by atoms with Gasteiger partial charge in [-0.05, 0) is 18.9 Å². The number of para-hydroxylation sites is 1. The first-order valence-corrected chi connectivity index (χ1v) is 7.92. The number of carbonyl (C=O) groups is 1. The van der Waals surface area contributed by atoms with Crippen molar-refractivity contribution in [3.8, 4) is 0 Å². The number of fused-ring (bicyclic) bond motifs is 3. The van der Waals surface area contributed by atoms with E-state index in [1.807, 2.05) is 31.2 Å². The van der Waals surface area contributed by atoms with E-state index in [-0.39, 0.29) is 5.97 Å². The molecule has 2 aromatic heterocycles. The van der Waals surface area contributed by atoms with Crippen LogP contribution < -0.4 is 10.6 Å². The van der Waals surface area contributed by atoms with Crippen molar-refractivity contribution in [1.82, 2.24) is 14.7 Å². The van der Waals surface area contributed by atoms with E-state index in [0.29, 0.717) is 35.5 Å². The molecular formula is C17H20N4O2. The molecule has 1 aromatic carbocycles. The van der Waals surface area contributed by atoms with Gasteiger partial charge >= 0.3 is 5.97 Å². The highest BCUT2D eigenvalue weighted by Gasteiger charge is 2.19. The average molecular weight is 312 g/mol. The standard InChI is InChI=1S/C17H20N4O2/c1-3-7-13-20-15-16(21(13)23-14(22)8-4-2)11-9-5-6-10-12(11)19-17(15)18/h5-6,9-10H,3-4,7-8H2,1-2H3,(H2,18,19). The van der Waals surface area contributed by atoms with Gasteiger partial charge in [-0.2, -0.15) is 4.73 Å². The molecule has 23 heavy (non-hydrogen) atoms. The zero-order valence-electron chi connectivity index (χ0n) is 13.4. The number of aromatic nitrogens is 3. The number of imidazole rings is 1. The maximum Gasteiger partial charge on any atom is 0.332 e. The van der Waals surface area contributed by atoms with Crippen LogP contribution >= 0.6 is 0 Å². The number of nitrogens with zero attached hydrogens (tertiary/aromatic N) is 3. The van der Waals surface area contributed by atoms with Gasteiger partial charge in [0.05, 0.1) is 5.52 Å². The molecule has 0 saturated heterocycles. The number of rotatable bonds is 5. The van der Waals surface area contributed by atoms with Crippen LogP contribution in [0.3, 0.4) is 0 Å². The van der Waals surface area contributed by atoms with Crippen molar-refractivity contribution in [2.45, 2.75) is 39.5 Å². The molecule has 6 heteroatoms. The number of carbonyl (C=O) groups excluding carboxylic acids is 1. The zero-order valence-corrected chi connectivity index (χ0v) is 13.4. The molecule has 0 spiro atoms. The summed E-state index contributed by atoms with van der Waals surface area (Å²) >= 11 is 0. The minimum atomic E-state index is -0.274. The van der Waals surface area contributed by atoms with Crippen molar-refractivity contribution in [2.24, 2.45) is 0 Å². The third-order valence-electron chi connectivity index (χ3n) is 3.67. The monoisotopic (exact) mass is 312 g/mol. The first-order chi connectivity index (χ1) is 11.2. The van der Waals surface area contributed by atoms with E-state index in [2.05, 4.69) is 16.9 Å². The molecule has 2 N–H and O–H groups in total. The molecule has 120 valence electrons. The number of anilines is 1. The maximum atomic E-state index is 12.0. The van der Waals surface area contributed by atoms with Crippen LogP contribution in [0.5, 0.6) is 0 Å². The molecule has 0 radical (unpaired) electrons. The first kappa shape index (κ1) is 15.3. The summed E-state index contributed by atoms with van der Waals surface area (Å²) in [5.74, 6) is 0.766. The summed E-state index contributed by atoms with van der Waals surface area (Å²) in [4.78, 5) is 26.6. The summed E-state index contributed by atoms with van der Waals surface area (Å²) in [5.41, 5.74) is 8.11. The largest absolute Gasteiger partial charge is 0.382 e.